The molecule has 120 valence electrons. The van der Waals surface area contributed by atoms with E-state index < -0.39 is 0 Å². The molecule has 1 aliphatic rings. The molecule has 6 nitrogen and oxygen atoms in total. The molecule has 1 aromatic carbocycles. The number of anilines is 1. The second-order valence-electron chi connectivity index (χ2n) is 5.32. The zero-order valence-electron chi connectivity index (χ0n) is 13.2. The first-order valence-electron chi connectivity index (χ1n) is 7.42. The van der Waals surface area contributed by atoms with E-state index in [-0.39, 0.29) is 18.0 Å². The summed E-state index contributed by atoms with van der Waals surface area (Å²) in [5.74, 6) is 0.535. The molecule has 0 saturated heterocycles. The maximum Gasteiger partial charge on any atom is 0.414 e. The molecule has 0 aromatic heterocycles. The Balaban J connectivity index is 2.06. The summed E-state index contributed by atoms with van der Waals surface area (Å²) in [5, 5.41) is 3.30. The molecule has 0 aliphatic carbocycles. The number of carbonyl (C=O) groups is 2. The van der Waals surface area contributed by atoms with Crippen LogP contribution in [0.15, 0.2) is 18.2 Å². The summed E-state index contributed by atoms with van der Waals surface area (Å²) in [6.07, 6.45) is 0.712. The van der Waals surface area contributed by atoms with Crippen LogP contribution in [0.5, 0.6) is 5.75 Å². The normalized spacial score (nSPS) is 15.7. The van der Waals surface area contributed by atoms with Gasteiger partial charge in [0.1, 0.15) is 5.75 Å². The maximum absolute atomic E-state index is 11.8. The lowest BCUT2D eigenvalue weighted by Crippen LogP contribution is -2.29. The molecule has 0 bridgehead atoms. The lowest BCUT2D eigenvalue weighted by molar-refractivity contribution is -0.140. The molecule has 0 fully saturated rings. The maximum atomic E-state index is 11.8. The van der Waals surface area contributed by atoms with Crippen molar-refractivity contribution >= 4 is 17.7 Å². The SMILES string of the molecule is CCN(C)C(=O)Oc1ccc2c(c1)C(CCC(=O)OC)CN2. The van der Waals surface area contributed by atoms with Gasteiger partial charge in [-0.25, -0.2) is 4.79 Å². The van der Waals surface area contributed by atoms with Crippen LogP contribution in [-0.4, -0.2) is 44.2 Å². The fourth-order valence-corrected chi connectivity index (χ4v) is 2.41. The van der Waals surface area contributed by atoms with E-state index in [9.17, 15) is 9.59 Å². The molecule has 22 heavy (non-hydrogen) atoms. The standard InChI is InChI=1S/C16H22N2O4/c1-4-18(2)16(20)22-12-6-7-14-13(9-12)11(10-17-14)5-8-15(19)21-3/h6-7,9,11,17H,4-5,8,10H2,1-3H3. The zero-order chi connectivity index (χ0) is 16.1. The van der Waals surface area contributed by atoms with Crippen LogP contribution in [0.3, 0.4) is 0 Å². The van der Waals surface area contributed by atoms with Crippen LogP contribution in [0.1, 0.15) is 31.2 Å². The minimum absolute atomic E-state index is 0.208. The number of rotatable bonds is 5. The molecule has 0 radical (unpaired) electrons. The van der Waals surface area contributed by atoms with Gasteiger partial charge in [-0.1, -0.05) is 0 Å². The van der Waals surface area contributed by atoms with Crippen molar-refractivity contribution in [3.63, 3.8) is 0 Å². The van der Waals surface area contributed by atoms with Gasteiger partial charge in [0.2, 0.25) is 0 Å². The molecule has 2 rings (SSSR count). The van der Waals surface area contributed by atoms with Gasteiger partial charge in [0.25, 0.3) is 0 Å². The molecule has 1 aromatic rings. The molecular formula is C16H22N2O4. The van der Waals surface area contributed by atoms with E-state index in [2.05, 4.69) is 10.1 Å². The van der Waals surface area contributed by atoms with E-state index in [1.807, 2.05) is 19.1 Å². The zero-order valence-corrected chi connectivity index (χ0v) is 13.2. The number of nitrogens with one attached hydrogen (secondary N) is 1. The molecule has 1 heterocycles. The van der Waals surface area contributed by atoms with Crippen LogP contribution in [-0.2, 0) is 9.53 Å². The van der Waals surface area contributed by atoms with Crippen molar-refractivity contribution in [2.45, 2.75) is 25.7 Å². The van der Waals surface area contributed by atoms with E-state index >= 15 is 0 Å². The summed E-state index contributed by atoms with van der Waals surface area (Å²) in [7, 11) is 3.08. The van der Waals surface area contributed by atoms with E-state index in [1.165, 1.54) is 12.0 Å². The molecule has 0 spiro atoms. The van der Waals surface area contributed by atoms with Gasteiger partial charge in [-0.3, -0.25) is 4.79 Å². The first-order valence-corrected chi connectivity index (χ1v) is 7.42. The fraction of sp³-hybridized carbons (Fsp3) is 0.500. The molecule has 1 unspecified atom stereocenters. The topological polar surface area (TPSA) is 67.9 Å². The Kier molecular flexibility index (Phi) is 5.25. The van der Waals surface area contributed by atoms with E-state index in [1.54, 1.807) is 13.1 Å². The predicted molar refractivity (Wildman–Crippen MR) is 83.3 cm³/mol. The second kappa shape index (κ2) is 7.15. The van der Waals surface area contributed by atoms with Crippen molar-refractivity contribution in [1.82, 2.24) is 4.90 Å². The highest BCUT2D eigenvalue weighted by molar-refractivity contribution is 5.72. The van der Waals surface area contributed by atoms with Crippen LogP contribution in [0.2, 0.25) is 0 Å². The van der Waals surface area contributed by atoms with Gasteiger partial charge in [-0.15, -0.1) is 0 Å². The molecule has 0 saturated carbocycles. The highest BCUT2D eigenvalue weighted by Gasteiger charge is 2.24. The Hall–Kier alpha value is -2.24. The lowest BCUT2D eigenvalue weighted by atomic mass is 9.96. The van der Waals surface area contributed by atoms with Crippen molar-refractivity contribution in [2.75, 3.05) is 32.6 Å². The molecule has 1 atom stereocenters. The minimum atomic E-state index is -0.375. The third-order valence-corrected chi connectivity index (χ3v) is 3.92. The summed E-state index contributed by atoms with van der Waals surface area (Å²) in [4.78, 5) is 24.6. The number of benzene rings is 1. The largest absolute Gasteiger partial charge is 0.469 e. The number of methoxy groups -OCH3 is 1. The number of ether oxygens (including phenoxy) is 2. The Morgan fingerprint density at radius 1 is 1.41 bits per heavy atom. The first kappa shape index (κ1) is 16.1. The number of carbonyl (C=O) groups excluding carboxylic acids is 2. The van der Waals surface area contributed by atoms with E-state index in [0.717, 1.165) is 17.8 Å². The Labute approximate surface area is 130 Å². The quantitative estimate of drug-likeness (QED) is 0.847. The summed E-state index contributed by atoms with van der Waals surface area (Å²) < 4.78 is 10.0. The smallest absolute Gasteiger partial charge is 0.414 e. The molecule has 6 heteroatoms. The number of hydrogen-bond donors (Lipinski definition) is 1. The monoisotopic (exact) mass is 306 g/mol. The highest BCUT2D eigenvalue weighted by Crippen LogP contribution is 2.36. The van der Waals surface area contributed by atoms with Crippen LogP contribution in [0.25, 0.3) is 0 Å². The van der Waals surface area contributed by atoms with E-state index in [4.69, 9.17) is 4.74 Å². The summed E-state index contributed by atoms with van der Waals surface area (Å²) >= 11 is 0. The number of hydrogen-bond acceptors (Lipinski definition) is 5. The second-order valence-corrected chi connectivity index (χ2v) is 5.32. The first-order chi connectivity index (χ1) is 10.5. The van der Waals surface area contributed by atoms with Crippen LogP contribution in [0.4, 0.5) is 10.5 Å². The predicted octanol–water partition coefficient (Wildman–Crippen LogP) is 2.60. The Morgan fingerprint density at radius 3 is 2.86 bits per heavy atom. The van der Waals surface area contributed by atoms with Gasteiger partial charge in [-0.05, 0) is 37.1 Å². The summed E-state index contributed by atoms with van der Waals surface area (Å²) in [5.41, 5.74) is 2.10. The highest BCUT2D eigenvalue weighted by atomic mass is 16.6. The minimum Gasteiger partial charge on any atom is -0.469 e. The van der Waals surface area contributed by atoms with Crippen molar-refractivity contribution < 1.29 is 19.1 Å². The Bertz CT molecular complexity index is 559. The lowest BCUT2D eigenvalue weighted by Gasteiger charge is -2.15. The van der Waals surface area contributed by atoms with Crippen LogP contribution >= 0.6 is 0 Å². The molecule has 1 N–H and O–H groups in total. The average molecular weight is 306 g/mol. The van der Waals surface area contributed by atoms with Gasteiger partial charge in [0.05, 0.1) is 7.11 Å². The van der Waals surface area contributed by atoms with Crippen molar-refractivity contribution in [3.8, 4) is 5.75 Å². The fourth-order valence-electron chi connectivity index (χ4n) is 2.41. The summed E-state index contributed by atoms with van der Waals surface area (Å²) in [6.45, 7) is 3.25. The Morgan fingerprint density at radius 2 is 2.18 bits per heavy atom. The van der Waals surface area contributed by atoms with Gasteiger partial charge in [-0.2, -0.15) is 0 Å². The van der Waals surface area contributed by atoms with Crippen molar-refractivity contribution in [3.05, 3.63) is 23.8 Å². The average Bonchev–Trinajstić information content (AvgIpc) is 2.94. The van der Waals surface area contributed by atoms with Crippen molar-refractivity contribution in [1.29, 1.82) is 0 Å². The molecule has 1 amide bonds. The number of esters is 1. The summed E-state index contributed by atoms with van der Waals surface area (Å²) in [6, 6.07) is 5.55. The number of amides is 1. The number of fused-ring (bicyclic) bond motifs is 1. The van der Waals surface area contributed by atoms with Gasteiger partial charge >= 0.3 is 12.1 Å². The van der Waals surface area contributed by atoms with E-state index in [0.29, 0.717) is 25.1 Å². The van der Waals surface area contributed by atoms with Crippen LogP contribution < -0.4 is 10.1 Å². The molecule has 1 aliphatic heterocycles. The third-order valence-electron chi connectivity index (χ3n) is 3.92. The van der Waals surface area contributed by atoms with Gasteiger partial charge in [0, 0.05) is 38.2 Å². The van der Waals surface area contributed by atoms with Gasteiger partial charge in [0.15, 0.2) is 0 Å². The molecular weight excluding hydrogens is 284 g/mol. The third kappa shape index (κ3) is 3.69. The number of nitrogens with zero attached hydrogens (tertiary/aromatic N) is 1. The van der Waals surface area contributed by atoms with Crippen molar-refractivity contribution in [2.24, 2.45) is 0 Å². The van der Waals surface area contributed by atoms with Gasteiger partial charge < -0.3 is 19.7 Å². The van der Waals surface area contributed by atoms with Crippen LogP contribution in [0, 0.1) is 0 Å².